The molecule has 2 aliphatic heterocycles. The highest BCUT2D eigenvalue weighted by atomic mass is 32.2. The van der Waals surface area contributed by atoms with Crippen molar-refractivity contribution in [2.24, 2.45) is 0 Å². The summed E-state index contributed by atoms with van der Waals surface area (Å²) in [7, 11) is -3.08. The Hall–Kier alpha value is -0.560. The predicted molar refractivity (Wildman–Crippen MR) is 92.8 cm³/mol. The molecule has 0 bridgehead atoms. The summed E-state index contributed by atoms with van der Waals surface area (Å²) in [5.41, 5.74) is 2.81. The van der Waals surface area contributed by atoms with Crippen LogP contribution < -0.4 is 5.32 Å². The fourth-order valence-electron chi connectivity index (χ4n) is 3.47. The van der Waals surface area contributed by atoms with Crippen molar-refractivity contribution in [3.63, 3.8) is 0 Å². The molecule has 2 heterocycles. The van der Waals surface area contributed by atoms with Gasteiger partial charge in [0.15, 0.2) is 0 Å². The SMILES string of the molecule is CS(=O)(=O)N1CCC[C@@H]1CN[C@@H]1CSCCc2ccccc21. The zero-order chi connectivity index (χ0) is 15.6. The number of sulfonamides is 1. The van der Waals surface area contributed by atoms with Crippen LogP contribution in [-0.4, -0.2) is 49.6 Å². The second-order valence-corrected chi connectivity index (χ2v) is 9.24. The summed E-state index contributed by atoms with van der Waals surface area (Å²) in [4.78, 5) is 0. The monoisotopic (exact) mass is 340 g/mol. The molecule has 1 fully saturated rings. The fourth-order valence-corrected chi connectivity index (χ4v) is 5.72. The van der Waals surface area contributed by atoms with Crippen molar-refractivity contribution in [1.82, 2.24) is 9.62 Å². The molecule has 0 aromatic heterocycles. The van der Waals surface area contributed by atoms with Gasteiger partial charge in [0.05, 0.1) is 6.26 Å². The third kappa shape index (κ3) is 3.67. The van der Waals surface area contributed by atoms with E-state index in [0.29, 0.717) is 12.6 Å². The maximum absolute atomic E-state index is 11.8. The van der Waals surface area contributed by atoms with Gasteiger partial charge in [-0.2, -0.15) is 16.1 Å². The van der Waals surface area contributed by atoms with E-state index in [2.05, 4.69) is 29.6 Å². The summed E-state index contributed by atoms with van der Waals surface area (Å²) in [5.74, 6) is 2.22. The first-order chi connectivity index (χ1) is 10.6. The third-order valence-electron chi connectivity index (χ3n) is 4.58. The van der Waals surface area contributed by atoms with E-state index in [1.54, 1.807) is 4.31 Å². The molecule has 1 aromatic carbocycles. The van der Waals surface area contributed by atoms with E-state index in [-0.39, 0.29) is 6.04 Å². The summed E-state index contributed by atoms with van der Waals surface area (Å²) in [6, 6.07) is 9.06. The van der Waals surface area contributed by atoms with Crippen molar-refractivity contribution in [2.45, 2.75) is 31.3 Å². The number of rotatable bonds is 4. The van der Waals surface area contributed by atoms with Crippen LogP contribution in [0.15, 0.2) is 24.3 Å². The van der Waals surface area contributed by atoms with Crippen molar-refractivity contribution in [3.05, 3.63) is 35.4 Å². The second-order valence-electron chi connectivity index (χ2n) is 6.15. The van der Waals surface area contributed by atoms with Crippen LogP contribution in [0.2, 0.25) is 0 Å². The lowest BCUT2D eigenvalue weighted by atomic mass is 9.99. The van der Waals surface area contributed by atoms with Gasteiger partial charge in [-0.1, -0.05) is 24.3 Å². The molecular formula is C16H24N2O2S2. The summed E-state index contributed by atoms with van der Waals surface area (Å²) in [5, 5.41) is 3.63. The van der Waals surface area contributed by atoms with E-state index in [1.165, 1.54) is 17.4 Å². The van der Waals surface area contributed by atoms with E-state index < -0.39 is 10.0 Å². The molecule has 3 rings (SSSR count). The van der Waals surface area contributed by atoms with Crippen LogP contribution in [0.1, 0.15) is 30.0 Å². The summed E-state index contributed by atoms with van der Waals surface area (Å²) in [6.07, 6.45) is 4.37. The molecule has 1 N–H and O–H groups in total. The van der Waals surface area contributed by atoms with Crippen LogP contribution in [0, 0.1) is 0 Å². The van der Waals surface area contributed by atoms with E-state index in [1.807, 2.05) is 11.8 Å². The van der Waals surface area contributed by atoms with Crippen LogP contribution in [0.25, 0.3) is 0 Å². The highest BCUT2D eigenvalue weighted by molar-refractivity contribution is 7.99. The van der Waals surface area contributed by atoms with Gasteiger partial charge < -0.3 is 5.32 Å². The van der Waals surface area contributed by atoms with Gasteiger partial charge >= 0.3 is 0 Å². The average molecular weight is 341 g/mol. The molecular weight excluding hydrogens is 316 g/mol. The van der Waals surface area contributed by atoms with Crippen molar-refractivity contribution < 1.29 is 8.42 Å². The van der Waals surface area contributed by atoms with Crippen LogP contribution in [0.5, 0.6) is 0 Å². The first-order valence-corrected chi connectivity index (χ1v) is 10.9. The maximum atomic E-state index is 11.8. The molecule has 1 aromatic rings. The zero-order valence-corrected chi connectivity index (χ0v) is 14.6. The van der Waals surface area contributed by atoms with Crippen LogP contribution >= 0.6 is 11.8 Å². The fraction of sp³-hybridized carbons (Fsp3) is 0.625. The first-order valence-electron chi connectivity index (χ1n) is 7.91. The molecule has 2 atom stereocenters. The van der Waals surface area contributed by atoms with E-state index >= 15 is 0 Å². The molecule has 0 saturated carbocycles. The molecule has 0 aliphatic carbocycles. The Bertz CT molecular complexity index is 618. The molecule has 1 saturated heterocycles. The van der Waals surface area contributed by atoms with E-state index in [9.17, 15) is 8.42 Å². The van der Waals surface area contributed by atoms with Gasteiger partial charge in [0.2, 0.25) is 10.0 Å². The molecule has 0 radical (unpaired) electrons. The smallest absolute Gasteiger partial charge is 0.211 e. The minimum Gasteiger partial charge on any atom is -0.308 e. The van der Waals surface area contributed by atoms with Crippen molar-refractivity contribution in [3.8, 4) is 0 Å². The molecule has 0 amide bonds. The zero-order valence-electron chi connectivity index (χ0n) is 13.0. The molecule has 22 heavy (non-hydrogen) atoms. The van der Waals surface area contributed by atoms with E-state index in [0.717, 1.165) is 37.3 Å². The predicted octanol–water partition coefficient (Wildman–Crippen LogP) is 2.03. The summed E-state index contributed by atoms with van der Waals surface area (Å²) >= 11 is 1.97. The maximum Gasteiger partial charge on any atom is 0.211 e. The van der Waals surface area contributed by atoms with Crippen molar-refractivity contribution in [1.29, 1.82) is 0 Å². The Balaban J connectivity index is 1.69. The number of hydrogen-bond acceptors (Lipinski definition) is 4. The largest absolute Gasteiger partial charge is 0.308 e. The molecule has 0 spiro atoms. The number of nitrogens with zero attached hydrogens (tertiary/aromatic N) is 1. The van der Waals surface area contributed by atoms with Gasteiger partial charge in [0.1, 0.15) is 0 Å². The van der Waals surface area contributed by atoms with Crippen molar-refractivity contribution in [2.75, 3.05) is 30.9 Å². The Kier molecular flexibility index (Phi) is 5.12. The van der Waals surface area contributed by atoms with Crippen molar-refractivity contribution >= 4 is 21.8 Å². The van der Waals surface area contributed by atoms with Gasteiger partial charge in [-0.15, -0.1) is 0 Å². The quantitative estimate of drug-likeness (QED) is 0.911. The van der Waals surface area contributed by atoms with Gasteiger partial charge in [0.25, 0.3) is 0 Å². The van der Waals surface area contributed by atoms with E-state index in [4.69, 9.17) is 0 Å². The second kappa shape index (κ2) is 6.91. The normalized spacial score (nSPS) is 26.6. The number of aryl methyl sites for hydroxylation is 1. The Morgan fingerprint density at radius 2 is 2.18 bits per heavy atom. The Morgan fingerprint density at radius 3 is 3.00 bits per heavy atom. The van der Waals surface area contributed by atoms with Gasteiger partial charge in [-0.3, -0.25) is 0 Å². The minimum absolute atomic E-state index is 0.107. The van der Waals surface area contributed by atoms with Crippen LogP contribution in [0.3, 0.4) is 0 Å². The number of benzene rings is 1. The number of hydrogen-bond donors (Lipinski definition) is 1. The lowest BCUT2D eigenvalue weighted by Gasteiger charge is -2.26. The molecule has 122 valence electrons. The van der Waals surface area contributed by atoms with Gasteiger partial charge in [-0.25, -0.2) is 8.42 Å². The summed E-state index contributed by atoms with van der Waals surface area (Å²) in [6.45, 7) is 1.41. The Morgan fingerprint density at radius 1 is 1.36 bits per heavy atom. The lowest BCUT2D eigenvalue weighted by molar-refractivity contribution is 0.364. The molecule has 0 unspecified atom stereocenters. The Labute approximate surface area is 137 Å². The molecule has 2 aliphatic rings. The number of thioether (sulfide) groups is 1. The third-order valence-corrected chi connectivity index (χ3v) is 6.97. The number of nitrogens with one attached hydrogen (secondary N) is 1. The highest BCUT2D eigenvalue weighted by Crippen LogP contribution is 2.28. The molecule has 4 nitrogen and oxygen atoms in total. The minimum atomic E-state index is -3.08. The summed E-state index contributed by atoms with van der Waals surface area (Å²) < 4.78 is 25.3. The van der Waals surface area contributed by atoms with Gasteiger partial charge in [0, 0.05) is 30.9 Å². The van der Waals surface area contributed by atoms with Crippen LogP contribution in [-0.2, 0) is 16.4 Å². The average Bonchev–Trinajstić information content (AvgIpc) is 2.87. The topological polar surface area (TPSA) is 49.4 Å². The molecule has 6 heteroatoms. The number of fused-ring (bicyclic) bond motifs is 1. The standard InChI is InChI=1S/C16H24N2O2S2/c1-22(19,20)18-9-4-6-14(18)11-17-16-12-21-10-8-13-5-2-3-7-15(13)16/h2-3,5,7,14,16-17H,4,6,8-12H2,1H3/t14-,16-/m1/s1. The highest BCUT2D eigenvalue weighted by Gasteiger charge is 2.31. The van der Waals surface area contributed by atoms with Crippen LogP contribution in [0.4, 0.5) is 0 Å². The lowest BCUT2D eigenvalue weighted by Crippen LogP contribution is -2.42. The first kappa shape index (κ1) is 16.3. The van der Waals surface area contributed by atoms with Gasteiger partial charge in [-0.05, 0) is 36.1 Å².